The lowest BCUT2D eigenvalue weighted by Gasteiger charge is -2.22. The van der Waals surface area contributed by atoms with Crippen LogP contribution < -0.4 is 10.5 Å². The Labute approximate surface area is 150 Å². The van der Waals surface area contributed by atoms with E-state index in [1.165, 1.54) is 0 Å². The number of methoxy groups -OCH3 is 1. The van der Waals surface area contributed by atoms with E-state index in [0.717, 1.165) is 28.0 Å². The normalized spacial score (nSPS) is 11.4. The van der Waals surface area contributed by atoms with Crippen molar-refractivity contribution in [2.75, 3.05) is 14.2 Å². The van der Waals surface area contributed by atoms with Crippen LogP contribution in [-0.4, -0.2) is 25.0 Å². The fourth-order valence-corrected chi connectivity index (χ4v) is 2.54. The zero-order chi connectivity index (χ0) is 17.0. The van der Waals surface area contributed by atoms with Crippen molar-refractivity contribution in [2.24, 2.45) is 5.73 Å². The predicted octanol–water partition coefficient (Wildman–Crippen LogP) is 3.39. The maximum atomic E-state index is 12.5. The zero-order valence-electron chi connectivity index (χ0n) is 14.6. The van der Waals surface area contributed by atoms with Gasteiger partial charge in [0.1, 0.15) is 11.8 Å². The third-order valence-electron chi connectivity index (χ3n) is 3.96. The summed E-state index contributed by atoms with van der Waals surface area (Å²) in [7, 11) is 3.42. The highest BCUT2D eigenvalue weighted by Gasteiger charge is 2.20. The van der Waals surface area contributed by atoms with Gasteiger partial charge in [0.15, 0.2) is 0 Å². The highest BCUT2D eigenvalue weighted by Crippen LogP contribution is 2.20. The van der Waals surface area contributed by atoms with Crippen LogP contribution in [0, 0.1) is 13.8 Å². The van der Waals surface area contributed by atoms with E-state index in [4.69, 9.17) is 10.5 Å². The van der Waals surface area contributed by atoms with Crippen LogP contribution in [0.2, 0.25) is 0 Å². The maximum Gasteiger partial charge on any atom is 0.244 e. The summed E-state index contributed by atoms with van der Waals surface area (Å²) in [6, 6.07) is 13.0. The van der Waals surface area contributed by atoms with Gasteiger partial charge in [-0.3, -0.25) is 4.79 Å². The van der Waals surface area contributed by atoms with E-state index in [-0.39, 0.29) is 18.3 Å². The van der Waals surface area contributed by atoms with E-state index in [2.05, 4.69) is 0 Å². The average molecular weight is 349 g/mol. The molecule has 2 aromatic rings. The summed E-state index contributed by atoms with van der Waals surface area (Å²) in [5.74, 6) is 0.751. The molecule has 0 saturated carbocycles. The third-order valence-corrected chi connectivity index (χ3v) is 3.96. The quantitative estimate of drug-likeness (QED) is 0.901. The molecule has 2 aromatic carbocycles. The summed E-state index contributed by atoms with van der Waals surface area (Å²) in [5.41, 5.74) is 10.2. The van der Waals surface area contributed by atoms with Crippen molar-refractivity contribution in [3.63, 3.8) is 0 Å². The molecular weight excluding hydrogens is 324 g/mol. The van der Waals surface area contributed by atoms with Crippen LogP contribution >= 0.6 is 12.4 Å². The standard InChI is InChI=1S/C19H24N2O2.ClH/c1-13-5-8-16(9-6-13)18(20)19(22)21(3)12-15-7-10-17(23-4)14(2)11-15;/h5-11,18H,12,20H2,1-4H3;1H. The molecule has 0 bridgehead atoms. The number of hydrogen-bond donors (Lipinski definition) is 1. The molecule has 24 heavy (non-hydrogen) atoms. The number of carbonyl (C=O) groups excluding carboxylic acids is 1. The van der Waals surface area contributed by atoms with Crippen molar-refractivity contribution >= 4 is 18.3 Å². The van der Waals surface area contributed by atoms with Crippen molar-refractivity contribution in [2.45, 2.75) is 26.4 Å². The van der Waals surface area contributed by atoms with Crippen LogP contribution in [0.1, 0.15) is 28.3 Å². The molecule has 0 aromatic heterocycles. The molecule has 0 spiro atoms. The van der Waals surface area contributed by atoms with Gasteiger partial charge in [-0.15, -0.1) is 12.4 Å². The monoisotopic (exact) mass is 348 g/mol. The highest BCUT2D eigenvalue weighted by molar-refractivity contribution is 5.85. The van der Waals surface area contributed by atoms with E-state index in [1.807, 2.05) is 56.3 Å². The van der Waals surface area contributed by atoms with E-state index >= 15 is 0 Å². The van der Waals surface area contributed by atoms with Crippen molar-refractivity contribution in [3.05, 3.63) is 64.7 Å². The van der Waals surface area contributed by atoms with E-state index in [9.17, 15) is 4.79 Å². The second kappa shape index (κ2) is 8.71. The van der Waals surface area contributed by atoms with Gasteiger partial charge in [-0.2, -0.15) is 0 Å². The molecule has 130 valence electrons. The molecule has 0 heterocycles. The molecule has 0 aliphatic carbocycles. The second-order valence-corrected chi connectivity index (χ2v) is 5.89. The van der Waals surface area contributed by atoms with Crippen LogP contribution in [-0.2, 0) is 11.3 Å². The molecule has 2 rings (SSSR count). The Morgan fingerprint density at radius 3 is 2.33 bits per heavy atom. The number of likely N-dealkylation sites (N-methyl/N-ethyl adjacent to an activating group) is 1. The van der Waals surface area contributed by atoms with Gasteiger partial charge in [0.2, 0.25) is 5.91 Å². The number of carbonyl (C=O) groups is 1. The summed E-state index contributed by atoms with van der Waals surface area (Å²) in [6.45, 7) is 4.51. The number of halogens is 1. The summed E-state index contributed by atoms with van der Waals surface area (Å²) in [4.78, 5) is 14.2. The van der Waals surface area contributed by atoms with E-state index in [1.54, 1.807) is 19.1 Å². The van der Waals surface area contributed by atoms with Crippen LogP contribution in [0.25, 0.3) is 0 Å². The molecule has 1 unspecified atom stereocenters. The lowest BCUT2D eigenvalue weighted by atomic mass is 10.0. The fraction of sp³-hybridized carbons (Fsp3) is 0.316. The number of aryl methyl sites for hydroxylation is 2. The molecule has 0 saturated heterocycles. The first-order valence-corrected chi connectivity index (χ1v) is 7.63. The Balaban J connectivity index is 0.00000288. The van der Waals surface area contributed by atoms with Crippen molar-refractivity contribution < 1.29 is 9.53 Å². The Bertz CT molecular complexity index is 686. The summed E-state index contributed by atoms with van der Waals surface area (Å²) in [5, 5.41) is 0. The van der Waals surface area contributed by atoms with Crippen LogP contribution in [0.4, 0.5) is 0 Å². The lowest BCUT2D eigenvalue weighted by Crippen LogP contribution is -2.35. The number of rotatable bonds is 5. The molecule has 0 fully saturated rings. The molecule has 1 amide bonds. The minimum absolute atomic E-state index is 0. The van der Waals surface area contributed by atoms with Crippen molar-refractivity contribution in [1.82, 2.24) is 4.90 Å². The third kappa shape index (κ3) is 4.73. The first-order valence-electron chi connectivity index (χ1n) is 7.63. The summed E-state index contributed by atoms with van der Waals surface area (Å²) in [6.07, 6.45) is 0. The van der Waals surface area contributed by atoms with Gasteiger partial charge in [-0.1, -0.05) is 42.0 Å². The Morgan fingerprint density at radius 1 is 1.17 bits per heavy atom. The second-order valence-electron chi connectivity index (χ2n) is 5.89. The number of amides is 1. The molecule has 0 radical (unpaired) electrons. The minimum Gasteiger partial charge on any atom is -0.496 e. The predicted molar refractivity (Wildman–Crippen MR) is 99.6 cm³/mol. The largest absolute Gasteiger partial charge is 0.496 e. The molecule has 4 nitrogen and oxygen atoms in total. The fourth-order valence-electron chi connectivity index (χ4n) is 2.54. The molecule has 1 atom stereocenters. The van der Waals surface area contributed by atoms with Crippen molar-refractivity contribution in [3.8, 4) is 5.75 Å². The topological polar surface area (TPSA) is 55.6 Å². The number of nitrogens with two attached hydrogens (primary N) is 1. The van der Waals surface area contributed by atoms with E-state index < -0.39 is 6.04 Å². The Morgan fingerprint density at radius 2 is 1.79 bits per heavy atom. The summed E-state index contributed by atoms with van der Waals surface area (Å²) < 4.78 is 5.26. The Kier molecular flexibility index (Phi) is 7.26. The maximum absolute atomic E-state index is 12.5. The van der Waals surface area contributed by atoms with Gasteiger partial charge < -0.3 is 15.4 Å². The summed E-state index contributed by atoms with van der Waals surface area (Å²) >= 11 is 0. The first kappa shape index (κ1) is 20.0. The smallest absolute Gasteiger partial charge is 0.244 e. The highest BCUT2D eigenvalue weighted by atomic mass is 35.5. The van der Waals surface area contributed by atoms with Gasteiger partial charge in [0, 0.05) is 13.6 Å². The van der Waals surface area contributed by atoms with Crippen molar-refractivity contribution in [1.29, 1.82) is 0 Å². The van der Waals surface area contributed by atoms with Gasteiger partial charge in [0.05, 0.1) is 7.11 Å². The zero-order valence-corrected chi connectivity index (χ0v) is 15.4. The lowest BCUT2D eigenvalue weighted by molar-refractivity contribution is -0.131. The van der Waals surface area contributed by atoms with Gasteiger partial charge in [-0.05, 0) is 36.6 Å². The number of nitrogens with zero attached hydrogens (tertiary/aromatic N) is 1. The molecule has 5 heteroatoms. The van der Waals surface area contributed by atoms with Gasteiger partial charge in [-0.25, -0.2) is 0 Å². The van der Waals surface area contributed by atoms with Crippen LogP contribution in [0.15, 0.2) is 42.5 Å². The van der Waals surface area contributed by atoms with E-state index in [0.29, 0.717) is 6.54 Å². The van der Waals surface area contributed by atoms with Gasteiger partial charge >= 0.3 is 0 Å². The first-order chi connectivity index (χ1) is 10.9. The average Bonchev–Trinajstić information content (AvgIpc) is 2.54. The Hall–Kier alpha value is -2.04. The molecular formula is C19H25ClN2O2. The minimum atomic E-state index is -0.639. The molecule has 2 N–H and O–H groups in total. The molecule has 0 aliphatic heterocycles. The van der Waals surface area contributed by atoms with Crippen LogP contribution in [0.3, 0.4) is 0 Å². The van der Waals surface area contributed by atoms with Crippen LogP contribution in [0.5, 0.6) is 5.75 Å². The van der Waals surface area contributed by atoms with Gasteiger partial charge in [0.25, 0.3) is 0 Å². The number of hydrogen-bond acceptors (Lipinski definition) is 3. The SMILES string of the molecule is COc1ccc(CN(C)C(=O)C(N)c2ccc(C)cc2)cc1C.Cl. The number of benzene rings is 2. The number of ether oxygens (including phenoxy) is 1. The molecule has 0 aliphatic rings.